The highest BCUT2D eigenvalue weighted by Crippen LogP contribution is 2.11. The highest BCUT2D eigenvalue weighted by Gasteiger charge is 1.92. The predicted molar refractivity (Wildman–Crippen MR) is 79.6 cm³/mol. The number of carboxylic acid groups (broad SMARTS) is 1. The van der Waals surface area contributed by atoms with Crippen molar-refractivity contribution in [2.45, 2.75) is 77.0 Å². The molecule has 0 heterocycles. The standard InChI is InChI=1S/C17H26O2/c1-2-3-4-5-6-7-8-9-10-11-12-13-14-15-16-17(18)19/h1H,3-14H2,(H,18,19). The van der Waals surface area contributed by atoms with Crippen LogP contribution in [-0.2, 0) is 4.79 Å². The first kappa shape index (κ1) is 17.6. The summed E-state index contributed by atoms with van der Waals surface area (Å²) in [6, 6.07) is 0. The zero-order valence-electron chi connectivity index (χ0n) is 11.9. The third-order valence-electron chi connectivity index (χ3n) is 3.07. The van der Waals surface area contributed by atoms with E-state index in [9.17, 15) is 4.79 Å². The van der Waals surface area contributed by atoms with Gasteiger partial charge >= 0.3 is 5.97 Å². The van der Waals surface area contributed by atoms with Crippen molar-refractivity contribution in [2.75, 3.05) is 0 Å². The smallest absolute Gasteiger partial charge is 0.381 e. The van der Waals surface area contributed by atoms with Gasteiger partial charge in [-0.2, -0.15) is 0 Å². The maximum absolute atomic E-state index is 10.1. The molecule has 0 fully saturated rings. The lowest BCUT2D eigenvalue weighted by molar-refractivity contribution is -0.130. The van der Waals surface area contributed by atoms with Crippen LogP contribution in [0.4, 0.5) is 0 Å². The Morgan fingerprint density at radius 2 is 1.21 bits per heavy atom. The monoisotopic (exact) mass is 262 g/mol. The van der Waals surface area contributed by atoms with Crippen molar-refractivity contribution in [2.24, 2.45) is 0 Å². The second kappa shape index (κ2) is 14.7. The molecule has 19 heavy (non-hydrogen) atoms. The summed E-state index contributed by atoms with van der Waals surface area (Å²) < 4.78 is 0. The first-order chi connectivity index (χ1) is 9.27. The molecule has 0 aliphatic heterocycles. The first-order valence-electron chi connectivity index (χ1n) is 7.42. The lowest BCUT2D eigenvalue weighted by atomic mass is 10.1. The molecule has 2 heteroatoms. The van der Waals surface area contributed by atoms with E-state index >= 15 is 0 Å². The van der Waals surface area contributed by atoms with E-state index in [1.54, 1.807) is 0 Å². The Morgan fingerprint density at radius 3 is 1.63 bits per heavy atom. The predicted octanol–water partition coefficient (Wildman–Crippen LogP) is 4.39. The van der Waals surface area contributed by atoms with Crippen molar-refractivity contribution in [3.8, 4) is 24.2 Å². The zero-order chi connectivity index (χ0) is 14.2. The van der Waals surface area contributed by atoms with Crippen LogP contribution in [-0.4, -0.2) is 11.1 Å². The van der Waals surface area contributed by atoms with E-state index in [0.29, 0.717) is 6.42 Å². The van der Waals surface area contributed by atoms with Gasteiger partial charge in [0, 0.05) is 18.8 Å². The average molecular weight is 262 g/mol. The molecule has 0 saturated heterocycles. The van der Waals surface area contributed by atoms with Crippen LogP contribution in [0.25, 0.3) is 0 Å². The number of carbonyl (C=O) groups is 1. The highest BCUT2D eigenvalue weighted by molar-refractivity contribution is 5.86. The van der Waals surface area contributed by atoms with Crippen LogP contribution < -0.4 is 0 Å². The maximum atomic E-state index is 10.1. The third-order valence-corrected chi connectivity index (χ3v) is 3.07. The normalized spacial score (nSPS) is 9.42. The van der Waals surface area contributed by atoms with E-state index in [1.807, 2.05) is 0 Å². The van der Waals surface area contributed by atoms with Gasteiger partial charge in [-0.15, -0.1) is 12.3 Å². The number of terminal acetylenes is 1. The summed E-state index contributed by atoms with van der Waals surface area (Å²) >= 11 is 0. The zero-order valence-corrected chi connectivity index (χ0v) is 11.9. The second-order valence-corrected chi connectivity index (χ2v) is 4.85. The summed E-state index contributed by atoms with van der Waals surface area (Å²) in [7, 11) is 0. The topological polar surface area (TPSA) is 37.3 Å². The minimum atomic E-state index is -1.03. The number of hydrogen-bond acceptors (Lipinski definition) is 1. The molecule has 0 amide bonds. The number of hydrogen-bond donors (Lipinski definition) is 1. The molecule has 0 bridgehead atoms. The molecule has 0 aliphatic rings. The van der Waals surface area contributed by atoms with Gasteiger partial charge in [0.25, 0.3) is 0 Å². The fourth-order valence-corrected chi connectivity index (χ4v) is 1.99. The fourth-order valence-electron chi connectivity index (χ4n) is 1.99. The summed E-state index contributed by atoms with van der Waals surface area (Å²) in [5.74, 6) is 6.44. The molecule has 0 atom stereocenters. The van der Waals surface area contributed by atoms with E-state index < -0.39 is 5.97 Å². The molecule has 106 valence electrons. The van der Waals surface area contributed by atoms with Crippen LogP contribution in [0, 0.1) is 24.2 Å². The van der Waals surface area contributed by atoms with Crippen LogP contribution in [0.1, 0.15) is 77.0 Å². The summed E-state index contributed by atoms with van der Waals surface area (Å²) in [5, 5.41) is 8.32. The van der Waals surface area contributed by atoms with Crippen molar-refractivity contribution >= 4 is 5.97 Å². The molecule has 0 aromatic rings. The molecule has 0 aromatic heterocycles. The van der Waals surface area contributed by atoms with E-state index in [4.69, 9.17) is 11.5 Å². The SMILES string of the molecule is C#CCCCCCCCCCCCCC#CC(=O)O. The van der Waals surface area contributed by atoms with Crippen molar-refractivity contribution in [3.63, 3.8) is 0 Å². The Hall–Kier alpha value is -1.41. The van der Waals surface area contributed by atoms with Gasteiger partial charge in [-0.1, -0.05) is 57.3 Å². The quantitative estimate of drug-likeness (QED) is 0.443. The molecular formula is C17H26O2. The van der Waals surface area contributed by atoms with Crippen LogP contribution >= 0.6 is 0 Å². The molecule has 0 spiro atoms. The lowest BCUT2D eigenvalue weighted by Gasteiger charge is -2.01. The van der Waals surface area contributed by atoms with Crippen LogP contribution in [0.3, 0.4) is 0 Å². The molecule has 0 radical (unpaired) electrons. The van der Waals surface area contributed by atoms with Crippen LogP contribution in [0.2, 0.25) is 0 Å². The molecule has 2 nitrogen and oxygen atoms in total. The first-order valence-corrected chi connectivity index (χ1v) is 7.42. The van der Waals surface area contributed by atoms with Crippen molar-refractivity contribution in [1.82, 2.24) is 0 Å². The van der Waals surface area contributed by atoms with Crippen molar-refractivity contribution < 1.29 is 9.90 Å². The number of rotatable bonds is 11. The molecular weight excluding hydrogens is 236 g/mol. The van der Waals surface area contributed by atoms with Crippen LogP contribution in [0.5, 0.6) is 0 Å². The minimum Gasteiger partial charge on any atom is -0.472 e. The summed E-state index contributed by atoms with van der Waals surface area (Å²) in [4.78, 5) is 10.1. The summed E-state index contributed by atoms with van der Waals surface area (Å²) in [5.41, 5.74) is 0. The van der Waals surface area contributed by atoms with E-state index in [0.717, 1.165) is 19.3 Å². The molecule has 0 aromatic carbocycles. The molecule has 0 saturated carbocycles. The Kier molecular flexibility index (Phi) is 13.6. The highest BCUT2D eigenvalue weighted by atomic mass is 16.4. The molecule has 0 aliphatic carbocycles. The summed E-state index contributed by atoms with van der Waals surface area (Å²) in [6.07, 6.45) is 19.3. The van der Waals surface area contributed by atoms with E-state index in [1.165, 1.54) is 51.4 Å². The molecule has 0 rings (SSSR count). The van der Waals surface area contributed by atoms with E-state index in [2.05, 4.69) is 17.8 Å². The van der Waals surface area contributed by atoms with Gasteiger partial charge in [0.15, 0.2) is 0 Å². The Morgan fingerprint density at radius 1 is 0.789 bits per heavy atom. The van der Waals surface area contributed by atoms with Crippen molar-refractivity contribution in [3.05, 3.63) is 0 Å². The Bertz CT molecular complexity index is 314. The van der Waals surface area contributed by atoms with Gasteiger partial charge in [-0.05, 0) is 12.8 Å². The third kappa shape index (κ3) is 16.6. The molecule has 1 N–H and O–H groups in total. The van der Waals surface area contributed by atoms with Gasteiger partial charge < -0.3 is 5.11 Å². The minimum absolute atomic E-state index is 0.710. The second-order valence-electron chi connectivity index (χ2n) is 4.85. The Labute approximate surface area is 118 Å². The van der Waals surface area contributed by atoms with Crippen molar-refractivity contribution in [1.29, 1.82) is 0 Å². The number of carboxylic acids is 1. The van der Waals surface area contributed by atoms with Gasteiger partial charge in [-0.3, -0.25) is 0 Å². The average Bonchev–Trinajstić information content (AvgIpc) is 2.39. The van der Waals surface area contributed by atoms with Gasteiger partial charge in [0.05, 0.1) is 0 Å². The Balaban J connectivity index is 3.06. The summed E-state index contributed by atoms with van der Waals surface area (Å²) in [6.45, 7) is 0. The van der Waals surface area contributed by atoms with Gasteiger partial charge in [-0.25, -0.2) is 4.79 Å². The largest absolute Gasteiger partial charge is 0.472 e. The van der Waals surface area contributed by atoms with Gasteiger partial charge in [0.2, 0.25) is 0 Å². The van der Waals surface area contributed by atoms with E-state index in [-0.39, 0.29) is 0 Å². The maximum Gasteiger partial charge on any atom is 0.381 e. The van der Waals surface area contributed by atoms with Gasteiger partial charge in [0.1, 0.15) is 0 Å². The lowest BCUT2D eigenvalue weighted by Crippen LogP contribution is -1.86. The number of unbranched alkanes of at least 4 members (excludes halogenated alkanes) is 11. The fraction of sp³-hybridized carbons (Fsp3) is 0.706. The number of aliphatic carboxylic acids is 1. The van der Waals surface area contributed by atoms with Crippen LogP contribution in [0.15, 0.2) is 0 Å². The molecule has 0 unspecified atom stereocenters.